The van der Waals surface area contributed by atoms with Crippen molar-refractivity contribution < 1.29 is 100 Å². The van der Waals surface area contributed by atoms with Crippen LogP contribution in [-0.2, 0) is 100 Å². The van der Waals surface area contributed by atoms with E-state index in [1.807, 2.05) is 0 Å². The van der Waals surface area contributed by atoms with Crippen molar-refractivity contribution in [3.63, 3.8) is 0 Å². The maximum atomic E-state index is 13.4. The first-order chi connectivity index (χ1) is 29.4. The summed E-state index contributed by atoms with van der Waals surface area (Å²) in [5.41, 5.74) is -0.774. The van der Waals surface area contributed by atoms with E-state index in [9.17, 15) is 47.9 Å². The number of amides is 2. The second kappa shape index (κ2) is 23.3. The van der Waals surface area contributed by atoms with Crippen LogP contribution in [0.15, 0.2) is 0 Å². The molecule has 24 heteroatoms. The average Bonchev–Trinajstić information content (AvgIpc) is 3.64. The van der Waals surface area contributed by atoms with Crippen LogP contribution in [0.25, 0.3) is 0 Å². The van der Waals surface area contributed by atoms with Crippen LogP contribution < -0.4 is 10.6 Å². The van der Waals surface area contributed by atoms with Crippen molar-refractivity contribution in [3.05, 3.63) is 0 Å². The van der Waals surface area contributed by atoms with Gasteiger partial charge in [0.15, 0.2) is 43.0 Å². The standard InChI is InChI=1S/C39H57N3O21/c1-18(43)53-16-26-31(62-38-35(59-24(7)49)33(57-22(5)47)30(55-20(3)45)27(61-38)17-54-19(2)44)32(56-21(4)46)34(58-23(6)48)36(60-26)41-28(50)14-40-15-29(51)42-13-11-12-25(42)37(52)63-39(8,9)10/h25-27,30-36,38,40H,11-17H2,1-10H3,(H,41,50)/t25-,26+,27+,30+,31+,32-,33-,34+,35+,36+,38-/m0/s1. The van der Waals surface area contributed by atoms with E-state index < -0.39 is 152 Å². The lowest BCUT2D eigenvalue weighted by Crippen LogP contribution is -2.69. The molecule has 0 saturated carbocycles. The minimum atomic E-state index is -1.89. The first kappa shape index (κ1) is 51.9. The number of nitrogens with one attached hydrogen (secondary N) is 2. The van der Waals surface area contributed by atoms with Crippen LogP contribution in [0.4, 0.5) is 0 Å². The van der Waals surface area contributed by atoms with Crippen LogP contribution in [0.2, 0.25) is 0 Å². The van der Waals surface area contributed by atoms with Gasteiger partial charge in [-0.1, -0.05) is 0 Å². The van der Waals surface area contributed by atoms with Crippen molar-refractivity contribution in [2.75, 3.05) is 32.8 Å². The highest BCUT2D eigenvalue weighted by atomic mass is 16.8. The van der Waals surface area contributed by atoms with Crippen LogP contribution in [-0.4, -0.2) is 170 Å². The second-order valence-electron chi connectivity index (χ2n) is 15.7. The van der Waals surface area contributed by atoms with Gasteiger partial charge in [-0.05, 0) is 33.6 Å². The van der Waals surface area contributed by atoms with Gasteiger partial charge in [-0.3, -0.25) is 48.5 Å². The topological polar surface area (TPSA) is 300 Å². The zero-order chi connectivity index (χ0) is 47.3. The van der Waals surface area contributed by atoms with Gasteiger partial charge >= 0.3 is 47.8 Å². The summed E-state index contributed by atoms with van der Waals surface area (Å²) in [6.07, 6.45) is -15.9. The fourth-order valence-corrected chi connectivity index (χ4v) is 6.90. The number of hydrogen-bond acceptors (Lipinski definition) is 22. The van der Waals surface area contributed by atoms with Crippen molar-refractivity contribution in [2.24, 2.45) is 0 Å². The summed E-state index contributed by atoms with van der Waals surface area (Å²) >= 11 is 0. The molecule has 354 valence electrons. The Bertz CT molecular complexity index is 1720. The van der Waals surface area contributed by atoms with Gasteiger partial charge < -0.3 is 62.3 Å². The number of nitrogens with zero attached hydrogens (tertiary/aromatic N) is 1. The smallest absolute Gasteiger partial charge is 0.329 e. The van der Waals surface area contributed by atoms with Crippen molar-refractivity contribution in [3.8, 4) is 0 Å². The van der Waals surface area contributed by atoms with Crippen molar-refractivity contribution in [1.82, 2.24) is 15.5 Å². The molecule has 0 aromatic carbocycles. The van der Waals surface area contributed by atoms with E-state index >= 15 is 0 Å². The van der Waals surface area contributed by atoms with Crippen molar-refractivity contribution in [1.29, 1.82) is 0 Å². The molecule has 3 saturated heterocycles. The number of ether oxygens (including phenoxy) is 11. The lowest BCUT2D eigenvalue weighted by atomic mass is 9.95. The molecule has 3 rings (SSSR count). The Balaban J connectivity index is 1.98. The third-order valence-electron chi connectivity index (χ3n) is 9.05. The lowest BCUT2D eigenvalue weighted by Gasteiger charge is -2.48. The van der Waals surface area contributed by atoms with Gasteiger partial charge in [-0.15, -0.1) is 0 Å². The monoisotopic (exact) mass is 903 g/mol. The average molecular weight is 904 g/mol. The van der Waals surface area contributed by atoms with Gasteiger partial charge in [0.2, 0.25) is 11.8 Å². The third-order valence-corrected chi connectivity index (χ3v) is 9.05. The van der Waals surface area contributed by atoms with E-state index in [-0.39, 0.29) is 6.54 Å². The minimum absolute atomic E-state index is 0.290. The molecule has 0 spiro atoms. The summed E-state index contributed by atoms with van der Waals surface area (Å²) in [5, 5.41) is 5.19. The lowest BCUT2D eigenvalue weighted by molar-refractivity contribution is -0.345. The maximum Gasteiger partial charge on any atom is 0.329 e. The van der Waals surface area contributed by atoms with Gasteiger partial charge in [0.25, 0.3) is 0 Å². The van der Waals surface area contributed by atoms with E-state index in [1.54, 1.807) is 20.8 Å². The summed E-state index contributed by atoms with van der Waals surface area (Å²) in [5.74, 6) is -8.24. The summed E-state index contributed by atoms with van der Waals surface area (Å²) < 4.78 is 61.8. The first-order valence-corrected chi connectivity index (χ1v) is 20.0. The summed E-state index contributed by atoms with van der Waals surface area (Å²) in [4.78, 5) is 127. The SMILES string of the molecule is CC(=O)OC[C@H]1O[C@@H](NC(=O)CNCC(=O)N2CCC[C@H]2C(=O)OC(C)(C)C)[C@H](OC(C)=O)[C@@H](OC(C)=O)[C@@H]1O[C@@H]1O[C@H](COC(C)=O)[C@@H](OC(C)=O)[C@H](OC(C)=O)[C@H]1OC(C)=O. The molecule has 3 aliphatic rings. The number of rotatable bonds is 17. The van der Waals surface area contributed by atoms with E-state index in [0.717, 1.165) is 48.5 Å². The van der Waals surface area contributed by atoms with Gasteiger partial charge in [-0.25, -0.2) is 4.79 Å². The third kappa shape index (κ3) is 16.3. The van der Waals surface area contributed by atoms with E-state index in [0.29, 0.717) is 19.4 Å². The van der Waals surface area contributed by atoms with Crippen LogP contribution in [0.1, 0.15) is 82.1 Å². The fraction of sp³-hybridized carbons (Fsp3) is 0.744. The predicted molar refractivity (Wildman–Crippen MR) is 205 cm³/mol. The highest BCUT2D eigenvalue weighted by Gasteiger charge is 2.57. The van der Waals surface area contributed by atoms with Gasteiger partial charge in [0, 0.05) is 55.0 Å². The molecule has 3 heterocycles. The second-order valence-corrected chi connectivity index (χ2v) is 15.7. The molecule has 0 aromatic rings. The Morgan fingerprint density at radius 1 is 0.587 bits per heavy atom. The molecular formula is C39H57N3O21. The van der Waals surface area contributed by atoms with E-state index in [2.05, 4.69) is 10.6 Å². The molecular weight excluding hydrogens is 846 g/mol. The van der Waals surface area contributed by atoms with Crippen molar-refractivity contribution in [2.45, 2.75) is 155 Å². The predicted octanol–water partition coefficient (Wildman–Crippen LogP) is -1.36. The molecule has 11 atom stereocenters. The first-order valence-electron chi connectivity index (χ1n) is 20.0. The molecule has 0 unspecified atom stereocenters. The minimum Gasteiger partial charge on any atom is -0.463 e. The molecule has 0 bridgehead atoms. The van der Waals surface area contributed by atoms with Gasteiger partial charge in [0.1, 0.15) is 43.2 Å². The van der Waals surface area contributed by atoms with Crippen LogP contribution >= 0.6 is 0 Å². The molecule has 2 amide bonds. The molecule has 2 N–H and O–H groups in total. The zero-order valence-corrected chi connectivity index (χ0v) is 36.8. The van der Waals surface area contributed by atoms with E-state index in [4.69, 9.17) is 52.1 Å². The van der Waals surface area contributed by atoms with Crippen LogP contribution in [0.5, 0.6) is 0 Å². The Morgan fingerprint density at radius 3 is 1.57 bits per heavy atom. The normalized spacial score (nSPS) is 28.0. The molecule has 24 nitrogen and oxygen atoms in total. The molecule has 0 aliphatic carbocycles. The maximum absolute atomic E-state index is 13.4. The largest absolute Gasteiger partial charge is 0.463 e. The summed E-state index contributed by atoms with van der Waals surface area (Å²) in [7, 11) is 0. The molecule has 3 fully saturated rings. The van der Waals surface area contributed by atoms with Gasteiger partial charge in [0.05, 0.1) is 13.1 Å². The molecule has 63 heavy (non-hydrogen) atoms. The Hall–Kier alpha value is -5.46. The Kier molecular flexibility index (Phi) is 19.2. The highest BCUT2D eigenvalue weighted by molar-refractivity contribution is 5.87. The number of carbonyl (C=O) groups is 10. The summed E-state index contributed by atoms with van der Waals surface area (Å²) in [6.45, 7) is 10.3. The van der Waals surface area contributed by atoms with Crippen LogP contribution in [0.3, 0.4) is 0 Å². The number of likely N-dealkylation sites (tertiary alicyclic amines) is 1. The quantitative estimate of drug-likeness (QED) is 0.126. The number of esters is 8. The Morgan fingerprint density at radius 2 is 1.06 bits per heavy atom. The van der Waals surface area contributed by atoms with Gasteiger partial charge in [-0.2, -0.15) is 0 Å². The number of hydrogen-bond donors (Lipinski definition) is 2. The molecule has 0 radical (unpaired) electrons. The molecule has 3 aliphatic heterocycles. The molecule has 0 aromatic heterocycles. The van der Waals surface area contributed by atoms with Crippen molar-refractivity contribution >= 4 is 59.6 Å². The highest BCUT2D eigenvalue weighted by Crippen LogP contribution is 2.35. The summed E-state index contributed by atoms with van der Waals surface area (Å²) in [6, 6.07) is -0.805. The number of carbonyl (C=O) groups excluding carboxylic acids is 10. The Labute approximate surface area is 362 Å². The fourth-order valence-electron chi connectivity index (χ4n) is 6.90. The van der Waals surface area contributed by atoms with E-state index in [1.165, 1.54) is 4.90 Å². The zero-order valence-electron chi connectivity index (χ0n) is 36.8. The van der Waals surface area contributed by atoms with Crippen LogP contribution in [0, 0.1) is 0 Å².